The van der Waals surface area contributed by atoms with Crippen LogP contribution in [0.2, 0.25) is 0 Å². The van der Waals surface area contributed by atoms with Crippen LogP contribution in [0.4, 0.5) is 0 Å². The van der Waals surface area contributed by atoms with E-state index in [4.69, 9.17) is 35.0 Å². The number of ether oxygens (including phenoxy) is 6. The lowest BCUT2D eigenvalue weighted by Gasteiger charge is -2.36. The Morgan fingerprint density at radius 2 is 1.00 bits per heavy atom. The van der Waals surface area contributed by atoms with Gasteiger partial charge in [-0.1, -0.05) is 60.2 Å². The molecule has 0 heterocycles. The number of aliphatic imine (C=N–C) groups is 1. The van der Waals surface area contributed by atoms with Crippen LogP contribution in [0.3, 0.4) is 0 Å². The molecule has 0 saturated carbocycles. The van der Waals surface area contributed by atoms with Gasteiger partial charge in [-0.25, -0.2) is 19.2 Å². The highest BCUT2D eigenvalue weighted by Gasteiger charge is 2.47. The van der Waals surface area contributed by atoms with Crippen LogP contribution in [-0.2, 0) is 57.2 Å². The van der Waals surface area contributed by atoms with Crippen LogP contribution in [0.25, 0.3) is 4.85 Å². The third kappa shape index (κ3) is 14.3. The topological polar surface area (TPSA) is 215 Å². The molecule has 16 nitrogen and oxygen atoms in total. The zero-order chi connectivity index (χ0) is 37.5. The molecule has 48 heavy (non-hydrogen) atoms. The molecular formula is C32H51N2O14+. The average molecular weight is 688 g/mol. The van der Waals surface area contributed by atoms with Gasteiger partial charge in [-0.05, 0) is 24.5 Å². The van der Waals surface area contributed by atoms with Gasteiger partial charge in [0.05, 0.1) is 0 Å². The second kappa shape index (κ2) is 21.0. The number of hydrogen-bond donors (Lipinski definition) is 2. The molecule has 0 aliphatic carbocycles. The molecule has 0 aromatic rings. The first-order valence-electron chi connectivity index (χ1n) is 15.5. The Morgan fingerprint density at radius 3 is 1.27 bits per heavy atom. The molecule has 0 saturated heterocycles. The van der Waals surface area contributed by atoms with E-state index in [-0.39, 0.29) is 0 Å². The molecule has 0 aromatic heterocycles. The number of esters is 6. The largest absolute Gasteiger partial charge is 0.460 e. The van der Waals surface area contributed by atoms with Crippen molar-refractivity contribution in [1.29, 1.82) is 0 Å². The summed E-state index contributed by atoms with van der Waals surface area (Å²) >= 11 is 0. The molecule has 0 spiro atoms. The van der Waals surface area contributed by atoms with Gasteiger partial charge in [-0.3, -0.25) is 14.6 Å². The van der Waals surface area contributed by atoms with Crippen molar-refractivity contribution in [1.82, 2.24) is 0 Å². The minimum Gasteiger partial charge on any atom is -0.460 e. The van der Waals surface area contributed by atoms with Crippen molar-refractivity contribution in [3.8, 4) is 6.57 Å². The normalized spacial score (nSPS) is 16.3. The van der Waals surface area contributed by atoms with Crippen LogP contribution >= 0.6 is 0 Å². The Kier molecular flexibility index (Phi) is 19.2. The molecule has 0 radical (unpaired) electrons. The summed E-state index contributed by atoms with van der Waals surface area (Å²) in [6.45, 7) is 21.7. The van der Waals surface area contributed by atoms with E-state index < -0.39 is 121 Å². The van der Waals surface area contributed by atoms with E-state index in [0.29, 0.717) is 0 Å². The first kappa shape index (κ1) is 43.9. The number of carbonyl (C=O) groups is 6. The standard InChI is InChI=1S/C32H51N2O14/c1-15(2)23(33-11)29(39)47-21(13-43-31(41)25(37)17(5)6)27(45-19(9)35)28(46-20(10)36)22(14-44-32(42)26(38)18(7)8)48-30(40)24(34-12)16(3)4/h11,15-18,21-28,37-38H,12-14H2,1-10H3/q+1. The number of aliphatic hydroxyl groups is 2. The van der Waals surface area contributed by atoms with Crippen LogP contribution in [0.15, 0.2) is 4.99 Å². The van der Waals surface area contributed by atoms with E-state index >= 15 is 0 Å². The maximum absolute atomic E-state index is 13.2. The van der Waals surface area contributed by atoms with Crippen molar-refractivity contribution < 1.29 is 67.4 Å². The van der Waals surface area contributed by atoms with Gasteiger partial charge in [-0.15, -0.1) is 0 Å². The molecule has 0 aliphatic heterocycles. The van der Waals surface area contributed by atoms with E-state index in [1.807, 2.05) is 0 Å². The minimum absolute atomic E-state index is 0.439. The van der Waals surface area contributed by atoms with Gasteiger partial charge >= 0.3 is 41.9 Å². The summed E-state index contributed by atoms with van der Waals surface area (Å²) in [6.07, 6.45) is -10.6. The number of hydrogen-bond acceptors (Lipinski definition) is 15. The predicted molar refractivity (Wildman–Crippen MR) is 170 cm³/mol. The molecule has 0 rings (SSSR count). The van der Waals surface area contributed by atoms with E-state index in [0.717, 1.165) is 13.8 Å². The lowest BCUT2D eigenvalue weighted by atomic mass is 10.0. The summed E-state index contributed by atoms with van der Waals surface area (Å²) in [4.78, 5) is 83.9. The molecule has 8 atom stereocenters. The van der Waals surface area contributed by atoms with Crippen LogP contribution in [0.5, 0.6) is 0 Å². The third-order valence-electron chi connectivity index (χ3n) is 6.82. The van der Waals surface area contributed by atoms with E-state index in [1.165, 1.54) is 13.8 Å². The summed E-state index contributed by atoms with van der Waals surface area (Å²) in [5.74, 6) is -8.43. The van der Waals surface area contributed by atoms with Gasteiger partial charge in [0, 0.05) is 19.8 Å². The van der Waals surface area contributed by atoms with Gasteiger partial charge in [-0.2, -0.15) is 0 Å². The summed E-state index contributed by atoms with van der Waals surface area (Å²) in [6, 6.07) is -2.41. The average Bonchev–Trinajstić information content (AvgIpc) is 2.97. The van der Waals surface area contributed by atoms with Crippen LogP contribution in [-0.4, -0.2) is 115 Å². The molecule has 0 bridgehead atoms. The molecule has 0 amide bonds. The fourth-order valence-electron chi connectivity index (χ4n) is 4.03. The van der Waals surface area contributed by atoms with Gasteiger partial charge < -0.3 is 38.6 Å². The van der Waals surface area contributed by atoms with Gasteiger partial charge in [0.15, 0.2) is 36.6 Å². The van der Waals surface area contributed by atoms with E-state index in [1.54, 1.807) is 41.5 Å². The lowest BCUT2D eigenvalue weighted by Crippen LogP contribution is -2.55. The maximum Gasteiger partial charge on any atom is 0.395 e. The lowest BCUT2D eigenvalue weighted by molar-refractivity contribution is -0.210. The highest BCUT2D eigenvalue weighted by atomic mass is 16.6. The highest BCUT2D eigenvalue weighted by Crippen LogP contribution is 2.24. The summed E-state index contributed by atoms with van der Waals surface area (Å²) in [7, 11) is 0. The highest BCUT2D eigenvalue weighted by molar-refractivity contribution is 5.79. The van der Waals surface area contributed by atoms with Crippen molar-refractivity contribution >= 4 is 42.5 Å². The van der Waals surface area contributed by atoms with Crippen LogP contribution in [0, 0.1) is 30.2 Å². The molecule has 0 aliphatic rings. The van der Waals surface area contributed by atoms with Crippen LogP contribution in [0.1, 0.15) is 69.2 Å². The quantitative estimate of drug-likeness (QED) is 0.105. The monoisotopic (exact) mass is 687 g/mol. The summed E-state index contributed by atoms with van der Waals surface area (Å²) < 4.78 is 32.5. The first-order chi connectivity index (χ1) is 22.2. The second-order valence-corrected chi connectivity index (χ2v) is 12.4. The van der Waals surface area contributed by atoms with Gasteiger partial charge in [0.1, 0.15) is 19.3 Å². The number of nitrogens with zero attached hydrogens (tertiary/aromatic N) is 2. The Labute approximate surface area is 281 Å². The van der Waals surface area contributed by atoms with Crippen molar-refractivity contribution in [2.75, 3.05) is 13.2 Å². The zero-order valence-electron chi connectivity index (χ0n) is 29.3. The molecular weight excluding hydrogens is 636 g/mol. The third-order valence-corrected chi connectivity index (χ3v) is 6.82. The molecule has 272 valence electrons. The van der Waals surface area contributed by atoms with Crippen molar-refractivity contribution in [3.63, 3.8) is 0 Å². The van der Waals surface area contributed by atoms with Crippen molar-refractivity contribution in [2.45, 2.75) is 118 Å². The number of rotatable bonds is 20. The fourth-order valence-corrected chi connectivity index (χ4v) is 4.03. The number of carbonyl (C=O) groups excluding carboxylic acids is 6. The van der Waals surface area contributed by atoms with Gasteiger partial charge in [0.2, 0.25) is 0 Å². The molecule has 2 N–H and O–H groups in total. The van der Waals surface area contributed by atoms with Gasteiger partial charge in [0.25, 0.3) is 6.57 Å². The summed E-state index contributed by atoms with van der Waals surface area (Å²) in [5, 5.41) is 20.4. The van der Waals surface area contributed by atoms with Crippen molar-refractivity contribution in [3.05, 3.63) is 4.85 Å². The summed E-state index contributed by atoms with van der Waals surface area (Å²) in [5.41, 5.74) is 0. The van der Waals surface area contributed by atoms with E-state index in [2.05, 4.69) is 16.6 Å². The predicted octanol–water partition coefficient (Wildman–Crippen LogP) is 1.51. The molecule has 8 unspecified atom stereocenters. The Morgan fingerprint density at radius 1 is 0.625 bits per heavy atom. The van der Waals surface area contributed by atoms with Crippen LogP contribution < -0.4 is 0 Å². The number of aliphatic hydroxyl groups excluding tert-OH is 2. The van der Waals surface area contributed by atoms with Crippen molar-refractivity contribution in [2.24, 2.45) is 28.7 Å². The SMILES string of the molecule is C#[N+]C(C(=O)OC(COC(=O)C(O)C(C)C)C(OC(C)=O)C(OC(C)=O)C(COC(=O)C(O)C(C)C)OC(=O)C(N=C)C(C)C)C(C)C. The Balaban J connectivity index is 7.26. The second-order valence-electron chi connectivity index (χ2n) is 12.4. The Bertz CT molecular complexity index is 1160. The first-order valence-corrected chi connectivity index (χ1v) is 15.5. The minimum atomic E-state index is -1.91. The zero-order valence-corrected chi connectivity index (χ0v) is 29.3. The Hall–Kier alpha value is -4.10. The van der Waals surface area contributed by atoms with E-state index in [9.17, 15) is 39.0 Å². The smallest absolute Gasteiger partial charge is 0.395 e. The molecule has 0 aromatic carbocycles. The molecule has 0 fully saturated rings. The molecule has 16 heteroatoms. The fraction of sp³-hybridized carbons (Fsp3) is 0.750. The maximum atomic E-state index is 13.2.